The van der Waals surface area contributed by atoms with Gasteiger partial charge in [-0.15, -0.1) is 0 Å². The zero-order chi connectivity index (χ0) is 23.3. The van der Waals surface area contributed by atoms with Crippen molar-refractivity contribution in [2.24, 2.45) is 21.5 Å². The minimum Gasteiger partial charge on any atom is -0.404 e. The highest BCUT2D eigenvalue weighted by atomic mass is 19.1. The number of ether oxygens (including phenoxy) is 1. The number of amides is 1. The molecule has 2 aliphatic rings. The summed E-state index contributed by atoms with van der Waals surface area (Å²) in [5.41, 5.74) is 15.7. The standard InChI is InChI=1S/C23H31FN6O2/c1-14(27-3)18(11-25)16-4-5-22(20(24)10-16)29-23(26)19-12-30(15(2)31)8-6-21(19)28-17-7-9-32-13-17/h4-5,10-11,17,28H,6-9,12-13,25H2,1-3H3,(H2,26,29). The van der Waals surface area contributed by atoms with E-state index in [2.05, 4.69) is 15.3 Å². The highest BCUT2D eigenvalue weighted by Crippen LogP contribution is 2.26. The smallest absolute Gasteiger partial charge is 0.219 e. The zero-order valence-corrected chi connectivity index (χ0v) is 18.8. The Morgan fingerprint density at radius 1 is 1.38 bits per heavy atom. The molecule has 1 amide bonds. The molecule has 0 bridgehead atoms. The van der Waals surface area contributed by atoms with Crippen molar-refractivity contribution in [2.45, 2.75) is 32.7 Å². The molecule has 172 valence electrons. The van der Waals surface area contributed by atoms with Gasteiger partial charge in [-0.3, -0.25) is 9.79 Å². The Kier molecular flexibility index (Phi) is 7.63. The number of nitrogens with two attached hydrogens (primary N) is 2. The van der Waals surface area contributed by atoms with Crippen LogP contribution < -0.4 is 16.8 Å². The molecule has 0 aromatic heterocycles. The van der Waals surface area contributed by atoms with E-state index < -0.39 is 5.82 Å². The molecule has 3 rings (SSSR count). The van der Waals surface area contributed by atoms with Crippen molar-refractivity contribution in [2.75, 3.05) is 33.4 Å². The second-order valence-electron chi connectivity index (χ2n) is 7.91. The van der Waals surface area contributed by atoms with Crippen LogP contribution >= 0.6 is 0 Å². The van der Waals surface area contributed by atoms with Crippen LogP contribution in [0, 0.1) is 5.82 Å². The summed E-state index contributed by atoms with van der Waals surface area (Å²) in [5, 5.41) is 3.49. The van der Waals surface area contributed by atoms with E-state index in [0.29, 0.717) is 55.1 Å². The summed E-state index contributed by atoms with van der Waals surface area (Å²) < 4.78 is 20.3. The van der Waals surface area contributed by atoms with Gasteiger partial charge in [-0.05, 0) is 31.0 Å². The number of hydrogen-bond donors (Lipinski definition) is 3. The van der Waals surface area contributed by atoms with Crippen molar-refractivity contribution >= 4 is 28.7 Å². The van der Waals surface area contributed by atoms with Gasteiger partial charge in [0.15, 0.2) is 0 Å². The van der Waals surface area contributed by atoms with E-state index in [0.717, 1.165) is 12.1 Å². The number of nitrogens with zero attached hydrogens (tertiary/aromatic N) is 3. The second-order valence-corrected chi connectivity index (χ2v) is 7.91. The van der Waals surface area contributed by atoms with Gasteiger partial charge < -0.3 is 26.4 Å². The molecule has 1 unspecified atom stereocenters. The lowest BCUT2D eigenvalue weighted by atomic mass is 10.0. The van der Waals surface area contributed by atoms with E-state index in [-0.39, 0.29) is 23.5 Å². The maximum absolute atomic E-state index is 14.9. The predicted octanol–water partition coefficient (Wildman–Crippen LogP) is 2.09. The molecule has 2 aliphatic heterocycles. The number of allylic oxidation sites excluding steroid dienone is 1. The number of nitrogens with one attached hydrogen (secondary N) is 1. The van der Waals surface area contributed by atoms with E-state index in [1.165, 1.54) is 19.2 Å². The first kappa shape index (κ1) is 23.5. The third kappa shape index (κ3) is 5.34. The van der Waals surface area contributed by atoms with E-state index in [9.17, 15) is 9.18 Å². The van der Waals surface area contributed by atoms with Gasteiger partial charge in [-0.1, -0.05) is 6.07 Å². The topological polar surface area (TPSA) is 118 Å². The quantitative estimate of drug-likeness (QED) is 0.461. The summed E-state index contributed by atoms with van der Waals surface area (Å²) in [7, 11) is 1.65. The summed E-state index contributed by atoms with van der Waals surface area (Å²) in [5.74, 6) is -0.375. The fourth-order valence-corrected chi connectivity index (χ4v) is 3.83. The van der Waals surface area contributed by atoms with Gasteiger partial charge in [0.2, 0.25) is 5.91 Å². The third-order valence-corrected chi connectivity index (χ3v) is 5.80. The van der Waals surface area contributed by atoms with Crippen LogP contribution in [-0.4, -0.2) is 61.7 Å². The molecule has 8 nitrogen and oxygen atoms in total. The van der Waals surface area contributed by atoms with Crippen LogP contribution in [0.5, 0.6) is 0 Å². The predicted molar refractivity (Wildman–Crippen MR) is 125 cm³/mol. The van der Waals surface area contributed by atoms with Gasteiger partial charge in [0.25, 0.3) is 0 Å². The summed E-state index contributed by atoms with van der Waals surface area (Å²) >= 11 is 0. The van der Waals surface area contributed by atoms with Gasteiger partial charge in [-0.2, -0.15) is 0 Å². The molecule has 1 atom stereocenters. The largest absolute Gasteiger partial charge is 0.404 e. The Balaban J connectivity index is 1.92. The maximum atomic E-state index is 14.9. The summed E-state index contributed by atoms with van der Waals surface area (Å²) in [6.45, 7) is 5.59. The molecule has 1 aromatic carbocycles. The number of benzene rings is 1. The van der Waals surface area contributed by atoms with Crippen molar-refractivity contribution in [1.82, 2.24) is 10.2 Å². The first-order chi connectivity index (χ1) is 15.3. The molecule has 0 saturated carbocycles. The lowest BCUT2D eigenvalue weighted by Gasteiger charge is -2.31. The van der Waals surface area contributed by atoms with E-state index in [4.69, 9.17) is 16.2 Å². The average Bonchev–Trinajstić information content (AvgIpc) is 3.29. The lowest BCUT2D eigenvalue weighted by molar-refractivity contribution is -0.128. The minimum absolute atomic E-state index is 0.0388. The van der Waals surface area contributed by atoms with Crippen LogP contribution in [0.3, 0.4) is 0 Å². The molecule has 2 heterocycles. The summed E-state index contributed by atoms with van der Waals surface area (Å²) in [6.07, 6.45) is 2.93. The zero-order valence-electron chi connectivity index (χ0n) is 18.8. The lowest BCUT2D eigenvalue weighted by Crippen LogP contribution is -2.43. The normalized spacial score (nSPS) is 20.7. The number of hydrogen-bond acceptors (Lipinski definition) is 6. The Hall–Kier alpha value is -3.20. The fourth-order valence-electron chi connectivity index (χ4n) is 3.83. The highest BCUT2D eigenvalue weighted by Gasteiger charge is 2.26. The number of rotatable bonds is 6. The fraction of sp³-hybridized carbons (Fsp3) is 0.435. The molecule has 1 saturated heterocycles. The van der Waals surface area contributed by atoms with Gasteiger partial charge in [0.1, 0.15) is 17.3 Å². The Morgan fingerprint density at radius 2 is 2.16 bits per heavy atom. The van der Waals surface area contributed by atoms with Crippen LogP contribution in [0.15, 0.2) is 45.7 Å². The molecular formula is C23H31FN6O2. The monoisotopic (exact) mass is 442 g/mol. The van der Waals surface area contributed by atoms with Gasteiger partial charge in [-0.25, -0.2) is 9.38 Å². The molecule has 9 heteroatoms. The highest BCUT2D eigenvalue weighted by molar-refractivity contribution is 6.22. The van der Waals surface area contributed by atoms with Crippen molar-refractivity contribution in [3.05, 3.63) is 47.0 Å². The number of amidine groups is 1. The molecule has 1 fully saturated rings. The van der Waals surface area contributed by atoms with E-state index in [1.54, 1.807) is 31.0 Å². The number of aliphatic imine (C=N–C) groups is 2. The van der Waals surface area contributed by atoms with Crippen LogP contribution in [0.4, 0.5) is 10.1 Å². The molecule has 0 aliphatic carbocycles. The van der Waals surface area contributed by atoms with Gasteiger partial charge in [0.05, 0.1) is 19.2 Å². The van der Waals surface area contributed by atoms with Crippen molar-refractivity contribution < 1.29 is 13.9 Å². The van der Waals surface area contributed by atoms with Crippen LogP contribution in [-0.2, 0) is 9.53 Å². The number of halogens is 1. The Morgan fingerprint density at radius 3 is 2.75 bits per heavy atom. The third-order valence-electron chi connectivity index (χ3n) is 5.80. The van der Waals surface area contributed by atoms with Crippen LogP contribution in [0.25, 0.3) is 5.57 Å². The number of carbonyl (C=O) groups excluding carboxylic acids is 1. The van der Waals surface area contributed by atoms with Crippen LogP contribution in [0.2, 0.25) is 0 Å². The second kappa shape index (κ2) is 10.4. The summed E-state index contributed by atoms with van der Waals surface area (Å²) in [4.78, 5) is 22.1. The first-order valence-corrected chi connectivity index (χ1v) is 10.7. The molecule has 5 N–H and O–H groups in total. The molecule has 0 radical (unpaired) electrons. The molecular weight excluding hydrogens is 411 g/mol. The molecule has 1 aromatic rings. The SMILES string of the molecule is CN=C(C)C(=CN)c1ccc(N=C(N)C2=C(NC3CCOC3)CCN(C(C)=O)C2)c(F)c1. The Labute approximate surface area is 187 Å². The minimum atomic E-state index is -0.521. The van der Waals surface area contributed by atoms with E-state index >= 15 is 0 Å². The van der Waals surface area contributed by atoms with Gasteiger partial charge in [0, 0.05) is 62.3 Å². The maximum Gasteiger partial charge on any atom is 0.219 e. The molecule has 32 heavy (non-hydrogen) atoms. The van der Waals surface area contributed by atoms with Crippen molar-refractivity contribution in [1.29, 1.82) is 0 Å². The van der Waals surface area contributed by atoms with Crippen molar-refractivity contribution in [3.8, 4) is 0 Å². The van der Waals surface area contributed by atoms with E-state index in [1.807, 2.05) is 0 Å². The first-order valence-electron chi connectivity index (χ1n) is 10.7. The Bertz CT molecular complexity index is 992. The summed E-state index contributed by atoms with van der Waals surface area (Å²) in [6, 6.07) is 4.85. The van der Waals surface area contributed by atoms with Crippen LogP contribution in [0.1, 0.15) is 32.3 Å². The molecule has 0 spiro atoms. The van der Waals surface area contributed by atoms with Gasteiger partial charge >= 0.3 is 0 Å². The average molecular weight is 443 g/mol. The van der Waals surface area contributed by atoms with Crippen molar-refractivity contribution in [3.63, 3.8) is 0 Å². The number of carbonyl (C=O) groups is 1.